The lowest BCUT2D eigenvalue weighted by molar-refractivity contribution is -0.146. The Balaban J connectivity index is 2.45. The van der Waals surface area contributed by atoms with Crippen LogP contribution in [0.15, 0.2) is 0 Å². The first-order chi connectivity index (χ1) is 7.54. The minimum Gasteiger partial charge on any atom is -0.394 e. The molecule has 16 heavy (non-hydrogen) atoms. The Morgan fingerprint density at radius 2 is 2.25 bits per heavy atom. The number of rotatable bonds is 4. The summed E-state index contributed by atoms with van der Waals surface area (Å²) in [6, 6.07) is 0.127. The zero-order valence-corrected chi connectivity index (χ0v) is 10.5. The topological polar surface area (TPSA) is 49.8 Å². The zero-order chi connectivity index (χ0) is 12.1. The molecule has 0 aromatic rings. The predicted molar refractivity (Wildman–Crippen MR) is 62.1 cm³/mol. The van der Waals surface area contributed by atoms with Crippen molar-refractivity contribution in [2.45, 2.75) is 45.8 Å². The van der Waals surface area contributed by atoms with E-state index in [4.69, 9.17) is 9.84 Å². The second-order valence-electron chi connectivity index (χ2n) is 4.97. The first kappa shape index (κ1) is 13.5. The average Bonchev–Trinajstić information content (AvgIpc) is 2.26. The van der Waals surface area contributed by atoms with Gasteiger partial charge in [-0.1, -0.05) is 13.8 Å². The maximum absolute atomic E-state index is 12.0. The minimum absolute atomic E-state index is 0.0132. The number of morpholine rings is 1. The van der Waals surface area contributed by atoms with Crippen molar-refractivity contribution in [1.29, 1.82) is 0 Å². The number of aliphatic hydroxyl groups excluding tert-OH is 1. The molecule has 1 fully saturated rings. The van der Waals surface area contributed by atoms with Crippen molar-refractivity contribution in [1.82, 2.24) is 4.90 Å². The maximum Gasteiger partial charge on any atom is 0.222 e. The van der Waals surface area contributed by atoms with Crippen LogP contribution in [0.1, 0.15) is 33.6 Å². The van der Waals surface area contributed by atoms with E-state index in [1.807, 2.05) is 11.8 Å². The van der Waals surface area contributed by atoms with Gasteiger partial charge in [0.15, 0.2) is 0 Å². The molecule has 0 aliphatic carbocycles. The average molecular weight is 229 g/mol. The number of hydrogen-bond donors (Lipinski definition) is 1. The van der Waals surface area contributed by atoms with Crippen LogP contribution in [0, 0.1) is 5.92 Å². The minimum atomic E-state index is -0.209. The van der Waals surface area contributed by atoms with Gasteiger partial charge in [0.05, 0.1) is 25.4 Å². The van der Waals surface area contributed by atoms with E-state index in [9.17, 15) is 4.79 Å². The zero-order valence-electron chi connectivity index (χ0n) is 10.5. The Hall–Kier alpha value is -0.610. The van der Waals surface area contributed by atoms with E-state index in [2.05, 4.69) is 13.8 Å². The molecule has 0 bridgehead atoms. The summed E-state index contributed by atoms with van der Waals surface area (Å²) in [5.74, 6) is 0.733. The number of aliphatic hydroxyl groups is 1. The molecule has 4 heteroatoms. The summed E-state index contributed by atoms with van der Waals surface area (Å²) in [6.45, 7) is 7.26. The highest BCUT2D eigenvalue weighted by atomic mass is 16.5. The van der Waals surface area contributed by atoms with Gasteiger partial charge in [-0.2, -0.15) is 0 Å². The van der Waals surface area contributed by atoms with E-state index < -0.39 is 0 Å². The van der Waals surface area contributed by atoms with Crippen LogP contribution in [0.3, 0.4) is 0 Å². The molecule has 1 rings (SSSR count). The molecule has 2 atom stereocenters. The predicted octanol–water partition coefficient (Wildman–Crippen LogP) is 1.03. The van der Waals surface area contributed by atoms with Crippen LogP contribution in [0.25, 0.3) is 0 Å². The van der Waals surface area contributed by atoms with Gasteiger partial charge in [-0.25, -0.2) is 0 Å². The van der Waals surface area contributed by atoms with Crippen LogP contribution in [0.4, 0.5) is 0 Å². The quantitative estimate of drug-likeness (QED) is 0.783. The Morgan fingerprint density at radius 3 is 2.81 bits per heavy atom. The molecule has 0 spiro atoms. The fraction of sp³-hybridized carbons (Fsp3) is 0.917. The summed E-state index contributed by atoms with van der Waals surface area (Å²) in [4.78, 5) is 13.8. The largest absolute Gasteiger partial charge is 0.394 e. The van der Waals surface area contributed by atoms with Crippen LogP contribution >= 0.6 is 0 Å². The highest BCUT2D eigenvalue weighted by Gasteiger charge is 2.28. The molecule has 1 amide bonds. The molecule has 0 saturated carbocycles. The van der Waals surface area contributed by atoms with E-state index in [1.165, 1.54) is 0 Å². The van der Waals surface area contributed by atoms with Gasteiger partial charge in [0, 0.05) is 13.0 Å². The molecule has 2 unspecified atom stereocenters. The fourth-order valence-corrected chi connectivity index (χ4v) is 1.83. The van der Waals surface area contributed by atoms with Crippen LogP contribution in [-0.4, -0.2) is 47.8 Å². The lowest BCUT2D eigenvalue weighted by atomic mass is 10.1. The molecule has 1 aliphatic rings. The molecular weight excluding hydrogens is 206 g/mol. The monoisotopic (exact) mass is 229 g/mol. The molecule has 1 N–H and O–H groups in total. The van der Waals surface area contributed by atoms with Gasteiger partial charge >= 0.3 is 0 Å². The van der Waals surface area contributed by atoms with Gasteiger partial charge in [-0.3, -0.25) is 4.79 Å². The van der Waals surface area contributed by atoms with Crippen LogP contribution in [0.2, 0.25) is 0 Å². The SMILES string of the molecule is CC(C)CCC(=O)N1CC(CO)OCC1C. The highest BCUT2D eigenvalue weighted by Crippen LogP contribution is 2.15. The van der Waals surface area contributed by atoms with E-state index in [0.717, 1.165) is 6.42 Å². The second-order valence-corrected chi connectivity index (χ2v) is 4.97. The first-order valence-corrected chi connectivity index (χ1v) is 6.06. The molecule has 1 saturated heterocycles. The van der Waals surface area contributed by atoms with Crippen LogP contribution in [-0.2, 0) is 9.53 Å². The van der Waals surface area contributed by atoms with Gasteiger partial charge in [-0.15, -0.1) is 0 Å². The molecule has 1 heterocycles. The molecule has 4 nitrogen and oxygen atoms in total. The van der Waals surface area contributed by atoms with E-state index in [-0.39, 0.29) is 24.7 Å². The Labute approximate surface area is 97.6 Å². The standard InChI is InChI=1S/C12H23NO3/c1-9(2)4-5-12(15)13-6-11(7-14)16-8-10(13)3/h9-11,14H,4-8H2,1-3H3. The lowest BCUT2D eigenvalue weighted by Crippen LogP contribution is -2.52. The summed E-state index contributed by atoms with van der Waals surface area (Å²) in [5, 5.41) is 9.03. The molecule has 1 aliphatic heterocycles. The Kier molecular flexibility index (Phi) is 5.22. The van der Waals surface area contributed by atoms with Crippen molar-refractivity contribution >= 4 is 5.91 Å². The molecule has 0 aromatic heterocycles. The Bertz CT molecular complexity index is 230. The van der Waals surface area contributed by atoms with Crippen molar-refractivity contribution in [2.24, 2.45) is 5.92 Å². The maximum atomic E-state index is 12.0. The van der Waals surface area contributed by atoms with E-state index in [0.29, 0.717) is 25.5 Å². The van der Waals surface area contributed by atoms with Crippen LogP contribution in [0.5, 0.6) is 0 Å². The third-order valence-corrected chi connectivity index (χ3v) is 2.97. The fourth-order valence-electron chi connectivity index (χ4n) is 1.83. The highest BCUT2D eigenvalue weighted by molar-refractivity contribution is 5.76. The summed E-state index contributed by atoms with van der Waals surface area (Å²) >= 11 is 0. The normalized spacial score (nSPS) is 26.2. The first-order valence-electron chi connectivity index (χ1n) is 6.06. The number of carbonyl (C=O) groups is 1. The number of nitrogens with zero attached hydrogens (tertiary/aromatic N) is 1. The van der Waals surface area contributed by atoms with Crippen LogP contribution < -0.4 is 0 Å². The summed E-state index contributed by atoms with van der Waals surface area (Å²) < 4.78 is 5.40. The van der Waals surface area contributed by atoms with Crippen molar-refractivity contribution in [2.75, 3.05) is 19.8 Å². The van der Waals surface area contributed by atoms with Gasteiger partial charge in [0.1, 0.15) is 0 Å². The van der Waals surface area contributed by atoms with Crippen molar-refractivity contribution < 1.29 is 14.6 Å². The van der Waals surface area contributed by atoms with Gasteiger partial charge in [0.25, 0.3) is 0 Å². The number of hydrogen-bond acceptors (Lipinski definition) is 3. The van der Waals surface area contributed by atoms with E-state index in [1.54, 1.807) is 0 Å². The van der Waals surface area contributed by atoms with Crippen molar-refractivity contribution in [3.63, 3.8) is 0 Å². The third-order valence-electron chi connectivity index (χ3n) is 2.97. The number of ether oxygens (including phenoxy) is 1. The summed E-state index contributed by atoms with van der Waals surface area (Å²) in [7, 11) is 0. The molecular formula is C12H23NO3. The smallest absolute Gasteiger partial charge is 0.222 e. The molecule has 0 radical (unpaired) electrons. The summed E-state index contributed by atoms with van der Waals surface area (Å²) in [6.07, 6.45) is 1.31. The molecule has 94 valence electrons. The van der Waals surface area contributed by atoms with Gasteiger partial charge in [0.2, 0.25) is 5.91 Å². The lowest BCUT2D eigenvalue weighted by Gasteiger charge is -2.37. The third kappa shape index (κ3) is 3.76. The van der Waals surface area contributed by atoms with Gasteiger partial charge in [-0.05, 0) is 19.3 Å². The molecule has 0 aromatic carbocycles. The summed E-state index contributed by atoms with van der Waals surface area (Å²) in [5.41, 5.74) is 0. The Morgan fingerprint density at radius 1 is 1.56 bits per heavy atom. The number of amides is 1. The van der Waals surface area contributed by atoms with E-state index >= 15 is 0 Å². The van der Waals surface area contributed by atoms with Crippen molar-refractivity contribution in [3.05, 3.63) is 0 Å². The second kappa shape index (κ2) is 6.21. The van der Waals surface area contributed by atoms with Gasteiger partial charge < -0.3 is 14.7 Å². The van der Waals surface area contributed by atoms with Crippen molar-refractivity contribution in [3.8, 4) is 0 Å². The number of carbonyl (C=O) groups excluding carboxylic acids is 1.